The highest BCUT2D eigenvalue weighted by atomic mass is 16.5. The molecule has 1 aromatic rings. The van der Waals surface area contributed by atoms with Crippen LogP contribution in [0.5, 0.6) is 11.5 Å². The molecule has 0 unspecified atom stereocenters. The number of hydrogen-bond donors (Lipinski definition) is 1. The van der Waals surface area contributed by atoms with Gasteiger partial charge in [0.25, 0.3) is 0 Å². The van der Waals surface area contributed by atoms with E-state index >= 15 is 0 Å². The number of aryl methyl sites for hydroxylation is 1. The van der Waals surface area contributed by atoms with Crippen LogP contribution in [0.4, 0.5) is 0 Å². The monoisotopic (exact) mass is 168 g/mol. The molecule has 68 valence electrons. The Kier molecular flexibility index (Phi) is 4.93. The highest BCUT2D eigenvalue weighted by molar-refractivity contribution is 5.36. The van der Waals surface area contributed by atoms with Gasteiger partial charge in [-0.05, 0) is 24.6 Å². The fraction of sp³-hybridized carbons (Fsp3) is 0.400. The van der Waals surface area contributed by atoms with E-state index in [0.717, 1.165) is 5.56 Å². The molecule has 0 aliphatic heterocycles. The Hall–Kier alpha value is -1.18. The number of methoxy groups -OCH3 is 1. The van der Waals surface area contributed by atoms with Gasteiger partial charge >= 0.3 is 0 Å². The van der Waals surface area contributed by atoms with E-state index in [1.807, 2.05) is 26.8 Å². The van der Waals surface area contributed by atoms with Gasteiger partial charge in [0, 0.05) is 6.07 Å². The largest absolute Gasteiger partial charge is 0.508 e. The summed E-state index contributed by atoms with van der Waals surface area (Å²) in [5.41, 5.74) is 0.997. The minimum atomic E-state index is 0.247. The van der Waals surface area contributed by atoms with Gasteiger partial charge in [-0.2, -0.15) is 0 Å². The zero-order valence-electron chi connectivity index (χ0n) is 8.09. The molecule has 2 nitrogen and oxygen atoms in total. The molecule has 0 aliphatic carbocycles. The van der Waals surface area contributed by atoms with E-state index in [1.54, 1.807) is 19.2 Å². The first kappa shape index (κ1) is 10.8. The summed E-state index contributed by atoms with van der Waals surface area (Å²) < 4.78 is 4.92. The predicted molar refractivity (Wildman–Crippen MR) is 50.7 cm³/mol. The number of phenols is 1. The molecule has 1 rings (SSSR count). The van der Waals surface area contributed by atoms with E-state index in [9.17, 15) is 0 Å². The van der Waals surface area contributed by atoms with Gasteiger partial charge in [-0.15, -0.1) is 0 Å². The van der Waals surface area contributed by atoms with Crippen LogP contribution in [-0.2, 0) is 0 Å². The Morgan fingerprint density at radius 2 is 1.75 bits per heavy atom. The van der Waals surface area contributed by atoms with Crippen molar-refractivity contribution < 1.29 is 9.84 Å². The molecule has 0 radical (unpaired) electrons. The van der Waals surface area contributed by atoms with Crippen molar-refractivity contribution in [2.75, 3.05) is 7.11 Å². The van der Waals surface area contributed by atoms with Crippen LogP contribution < -0.4 is 4.74 Å². The highest BCUT2D eigenvalue weighted by Gasteiger charge is 1.94. The molecule has 12 heavy (non-hydrogen) atoms. The maximum Gasteiger partial charge on any atom is 0.122 e. The summed E-state index contributed by atoms with van der Waals surface area (Å²) in [6, 6.07) is 5.12. The van der Waals surface area contributed by atoms with Crippen molar-refractivity contribution in [3.8, 4) is 11.5 Å². The number of phenolic OH excluding ortho intramolecular Hbond substituents is 1. The molecular formula is C10H16O2. The third kappa shape index (κ3) is 3.28. The molecule has 0 saturated heterocycles. The average Bonchev–Trinajstić information content (AvgIpc) is 2.06. The van der Waals surface area contributed by atoms with Gasteiger partial charge in [0.05, 0.1) is 7.11 Å². The molecule has 0 bridgehead atoms. The van der Waals surface area contributed by atoms with E-state index in [2.05, 4.69) is 0 Å². The molecule has 0 saturated carbocycles. The van der Waals surface area contributed by atoms with Crippen molar-refractivity contribution in [1.82, 2.24) is 0 Å². The number of benzene rings is 1. The lowest BCUT2D eigenvalue weighted by atomic mass is 10.2. The van der Waals surface area contributed by atoms with Gasteiger partial charge in [0.15, 0.2) is 0 Å². The van der Waals surface area contributed by atoms with E-state index < -0.39 is 0 Å². The lowest BCUT2D eigenvalue weighted by molar-refractivity contribution is 0.407. The van der Waals surface area contributed by atoms with Crippen molar-refractivity contribution in [3.63, 3.8) is 0 Å². The highest BCUT2D eigenvalue weighted by Crippen LogP contribution is 2.20. The molecule has 0 fully saturated rings. The van der Waals surface area contributed by atoms with Crippen LogP contribution in [0.15, 0.2) is 18.2 Å². The first-order valence-electron chi connectivity index (χ1n) is 4.07. The molecule has 0 spiro atoms. The minimum Gasteiger partial charge on any atom is -0.508 e. The minimum absolute atomic E-state index is 0.247. The first-order chi connectivity index (χ1) is 5.72. The Labute approximate surface area is 73.8 Å². The molecule has 1 N–H and O–H groups in total. The molecule has 1 aromatic carbocycles. The second-order valence-electron chi connectivity index (χ2n) is 2.21. The SMILES string of the molecule is CC.COc1cc(C)cc(O)c1. The smallest absolute Gasteiger partial charge is 0.122 e. The maximum absolute atomic E-state index is 9.04. The second kappa shape index (κ2) is 5.47. The number of ether oxygens (including phenoxy) is 1. The molecular weight excluding hydrogens is 152 g/mol. The number of aromatic hydroxyl groups is 1. The standard InChI is InChI=1S/C8H10O2.C2H6/c1-6-3-7(9)5-8(4-6)10-2;1-2/h3-5,9H,1-2H3;1-2H3. The molecule has 0 aliphatic rings. The van der Waals surface area contributed by atoms with E-state index in [0.29, 0.717) is 5.75 Å². The second-order valence-corrected chi connectivity index (χ2v) is 2.21. The lowest BCUT2D eigenvalue weighted by Crippen LogP contribution is -1.82. The van der Waals surface area contributed by atoms with Gasteiger partial charge in [0.2, 0.25) is 0 Å². The van der Waals surface area contributed by atoms with Crippen molar-refractivity contribution in [2.45, 2.75) is 20.8 Å². The zero-order chi connectivity index (χ0) is 9.56. The van der Waals surface area contributed by atoms with E-state index in [4.69, 9.17) is 9.84 Å². The van der Waals surface area contributed by atoms with Crippen LogP contribution in [0, 0.1) is 6.92 Å². The Morgan fingerprint density at radius 3 is 2.17 bits per heavy atom. The molecule has 2 heteroatoms. The third-order valence-electron chi connectivity index (χ3n) is 1.27. The van der Waals surface area contributed by atoms with Gasteiger partial charge in [0.1, 0.15) is 11.5 Å². The van der Waals surface area contributed by atoms with Gasteiger partial charge in [-0.3, -0.25) is 0 Å². The summed E-state index contributed by atoms with van der Waals surface area (Å²) in [6.45, 7) is 5.90. The van der Waals surface area contributed by atoms with Crippen molar-refractivity contribution in [3.05, 3.63) is 23.8 Å². The van der Waals surface area contributed by atoms with Crippen LogP contribution in [0.2, 0.25) is 0 Å². The fourth-order valence-electron chi connectivity index (χ4n) is 0.846. The summed E-state index contributed by atoms with van der Waals surface area (Å²) in [5, 5.41) is 9.04. The van der Waals surface area contributed by atoms with Crippen molar-refractivity contribution in [2.24, 2.45) is 0 Å². The van der Waals surface area contributed by atoms with Gasteiger partial charge < -0.3 is 9.84 Å². The van der Waals surface area contributed by atoms with Crippen molar-refractivity contribution in [1.29, 1.82) is 0 Å². The topological polar surface area (TPSA) is 29.5 Å². The molecule has 0 heterocycles. The van der Waals surface area contributed by atoms with Crippen LogP contribution in [0.1, 0.15) is 19.4 Å². The zero-order valence-corrected chi connectivity index (χ0v) is 8.09. The van der Waals surface area contributed by atoms with E-state index in [1.165, 1.54) is 0 Å². The summed E-state index contributed by atoms with van der Waals surface area (Å²) >= 11 is 0. The summed E-state index contributed by atoms with van der Waals surface area (Å²) in [7, 11) is 1.58. The summed E-state index contributed by atoms with van der Waals surface area (Å²) in [5.74, 6) is 0.939. The molecule has 0 aromatic heterocycles. The summed E-state index contributed by atoms with van der Waals surface area (Å²) in [6.07, 6.45) is 0. The summed E-state index contributed by atoms with van der Waals surface area (Å²) in [4.78, 5) is 0. The number of hydrogen-bond acceptors (Lipinski definition) is 2. The quantitative estimate of drug-likeness (QED) is 0.698. The van der Waals surface area contributed by atoms with Crippen LogP contribution in [-0.4, -0.2) is 12.2 Å². The molecule has 0 amide bonds. The first-order valence-corrected chi connectivity index (χ1v) is 4.07. The average molecular weight is 168 g/mol. The Bertz CT molecular complexity index is 211. The predicted octanol–water partition coefficient (Wildman–Crippen LogP) is 2.74. The third-order valence-corrected chi connectivity index (χ3v) is 1.27. The maximum atomic E-state index is 9.04. The van der Waals surface area contributed by atoms with E-state index in [-0.39, 0.29) is 5.75 Å². The van der Waals surface area contributed by atoms with Crippen molar-refractivity contribution >= 4 is 0 Å². The lowest BCUT2D eigenvalue weighted by Gasteiger charge is -2.00. The Balaban J connectivity index is 0.000000561. The van der Waals surface area contributed by atoms with Gasteiger partial charge in [-0.1, -0.05) is 13.8 Å². The fourth-order valence-corrected chi connectivity index (χ4v) is 0.846. The normalized spacial score (nSPS) is 8.33. The van der Waals surface area contributed by atoms with Crippen LogP contribution in [0.25, 0.3) is 0 Å². The number of rotatable bonds is 1. The Morgan fingerprint density at radius 1 is 1.17 bits per heavy atom. The van der Waals surface area contributed by atoms with Crippen LogP contribution >= 0.6 is 0 Å². The van der Waals surface area contributed by atoms with Crippen LogP contribution in [0.3, 0.4) is 0 Å². The van der Waals surface area contributed by atoms with Gasteiger partial charge in [-0.25, -0.2) is 0 Å². The molecule has 0 atom stereocenters.